The second kappa shape index (κ2) is 7.15. The molecule has 2 rings (SSSR count). The summed E-state index contributed by atoms with van der Waals surface area (Å²) in [6.07, 6.45) is 3.07. The van der Waals surface area contributed by atoms with Crippen LogP contribution in [0, 0.1) is 5.82 Å². The molecule has 0 aliphatic rings. The fourth-order valence-corrected chi connectivity index (χ4v) is 3.65. The van der Waals surface area contributed by atoms with Crippen molar-refractivity contribution in [3.8, 4) is 0 Å². The minimum Gasteiger partial charge on any atom is -0.395 e. The molecule has 118 valence electrons. The Balaban J connectivity index is 2.40. The van der Waals surface area contributed by atoms with Crippen molar-refractivity contribution in [1.82, 2.24) is 9.29 Å². The molecule has 0 unspecified atom stereocenters. The average molecular weight is 345 g/mol. The van der Waals surface area contributed by atoms with E-state index in [0.29, 0.717) is 5.56 Å². The summed E-state index contributed by atoms with van der Waals surface area (Å²) in [6, 6.07) is 7.14. The van der Waals surface area contributed by atoms with Crippen molar-refractivity contribution in [2.75, 3.05) is 13.2 Å². The number of benzene rings is 1. The fraction of sp³-hybridized carbons (Fsp3) is 0.214. The molecule has 0 radical (unpaired) electrons. The summed E-state index contributed by atoms with van der Waals surface area (Å²) in [5.74, 6) is -1.00. The highest BCUT2D eigenvalue weighted by molar-refractivity contribution is 7.89. The largest absolute Gasteiger partial charge is 0.395 e. The van der Waals surface area contributed by atoms with Gasteiger partial charge in [0.15, 0.2) is 5.82 Å². The first-order valence-corrected chi connectivity index (χ1v) is 8.22. The zero-order chi connectivity index (χ0) is 16.2. The second-order valence-corrected chi connectivity index (χ2v) is 6.79. The third-order valence-corrected chi connectivity index (χ3v) is 5.12. The van der Waals surface area contributed by atoms with E-state index in [1.807, 2.05) is 0 Å². The van der Waals surface area contributed by atoms with E-state index in [1.165, 1.54) is 18.3 Å². The Hall–Kier alpha value is -1.54. The van der Waals surface area contributed by atoms with E-state index in [1.54, 1.807) is 18.3 Å². The first kappa shape index (κ1) is 16.8. The van der Waals surface area contributed by atoms with Gasteiger partial charge in [0.25, 0.3) is 0 Å². The molecule has 0 spiro atoms. The standard InChI is InChI=1S/C14H14ClFN2O3S/c15-12-4-1-5-13(14(12)16)22(20,21)18(7-8-19)10-11-3-2-6-17-9-11/h1-6,9,19H,7-8,10H2. The Morgan fingerprint density at radius 2 is 2.05 bits per heavy atom. The number of sulfonamides is 1. The van der Waals surface area contributed by atoms with Gasteiger partial charge in [-0.25, -0.2) is 12.8 Å². The van der Waals surface area contributed by atoms with Crippen molar-refractivity contribution in [1.29, 1.82) is 0 Å². The van der Waals surface area contributed by atoms with Crippen LogP contribution in [0.1, 0.15) is 5.56 Å². The van der Waals surface area contributed by atoms with Gasteiger partial charge in [0, 0.05) is 25.5 Å². The van der Waals surface area contributed by atoms with Gasteiger partial charge in [-0.1, -0.05) is 23.7 Å². The molecule has 0 aliphatic carbocycles. The fourth-order valence-electron chi connectivity index (χ4n) is 1.91. The quantitative estimate of drug-likeness (QED) is 0.870. The number of aliphatic hydroxyl groups excluding tert-OH is 1. The Kier molecular flexibility index (Phi) is 5.47. The first-order valence-electron chi connectivity index (χ1n) is 6.40. The minimum absolute atomic E-state index is 0.0251. The lowest BCUT2D eigenvalue weighted by atomic mass is 10.3. The van der Waals surface area contributed by atoms with Crippen LogP contribution in [-0.2, 0) is 16.6 Å². The van der Waals surface area contributed by atoms with Gasteiger partial charge in [0.2, 0.25) is 10.0 Å². The van der Waals surface area contributed by atoms with Crippen LogP contribution in [-0.4, -0.2) is 36.0 Å². The lowest BCUT2D eigenvalue weighted by Crippen LogP contribution is -2.33. The van der Waals surface area contributed by atoms with Crippen LogP contribution >= 0.6 is 11.6 Å². The zero-order valence-electron chi connectivity index (χ0n) is 11.5. The molecule has 0 amide bonds. The molecule has 2 aromatic rings. The van der Waals surface area contributed by atoms with Crippen molar-refractivity contribution in [3.05, 3.63) is 59.1 Å². The van der Waals surface area contributed by atoms with E-state index in [2.05, 4.69) is 4.98 Å². The molecule has 0 fully saturated rings. The third-order valence-electron chi connectivity index (χ3n) is 2.97. The van der Waals surface area contributed by atoms with E-state index in [0.717, 1.165) is 10.4 Å². The van der Waals surface area contributed by atoms with Crippen LogP contribution in [0.15, 0.2) is 47.6 Å². The maximum atomic E-state index is 14.0. The number of nitrogens with zero attached hydrogens (tertiary/aromatic N) is 2. The third kappa shape index (κ3) is 3.61. The number of aliphatic hydroxyl groups is 1. The van der Waals surface area contributed by atoms with Crippen LogP contribution in [0.5, 0.6) is 0 Å². The molecule has 1 aromatic heterocycles. The van der Waals surface area contributed by atoms with Crippen LogP contribution in [0.3, 0.4) is 0 Å². The highest BCUT2D eigenvalue weighted by Crippen LogP contribution is 2.25. The smallest absolute Gasteiger partial charge is 0.246 e. The van der Waals surface area contributed by atoms with Crippen LogP contribution < -0.4 is 0 Å². The molecular weight excluding hydrogens is 331 g/mol. The molecule has 22 heavy (non-hydrogen) atoms. The molecule has 8 heteroatoms. The molecule has 1 heterocycles. The van der Waals surface area contributed by atoms with Gasteiger partial charge in [-0.2, -0.15) is 4.31 Å². The normalized spacial score (nSPS) is 11.8. The summed E-state index contributed by atoms with van der Waals surface area (Å²) in [6.45, 7) is -0.576. The topological polar surface area (TPSA) is 70.5 Å². The molecule has 1 aromatic carbocycles. The van der Waals surface area contributed by atoms with Gasteiger partial charge >= 0.3 is 0 Å². The highest BCUT2D eigenvalue weighted by atomic mass is 35.5. The number of aromatic nitrogens is 1. The number of pyridine rings is 1. The molecule has 0 bridgehead atoms. The Morgan fingerprint density at radius 3 is 2.68 bits per heavy atom. The Labute approximate surface area is 133 Å². The number of hydrogen-bond acceptors (Lipinski definition) is 4. The zero-order valence-corrected chi connectivity index (χ0v) is 13.1. The van der Waals surface area contributed by atoms with Gasteiger partial charge in [0.05, 0.1) is 11.6 Å². The predicted molar refractivity (Wildman–Crippen MR) is 80.3 cm³/mol. The van der Waals surface area contributed by atoms with Gasteiger partial charge in [-0.15, -0.1) is 0 Å². The van der Waals surface area contributed by atoms with Crippen molar-refractivity contribution in [2.45, 2.75) is 11.4 Å². The lowest BCUT2D eigenvalue weighted by Gasteiger charge is -2.21. The van der Waals surface area contributed by atoms with E-state index in [4.69, 9.17) is 16.7 Å². The maximum absolute atomic E-state index is 14.0. The molecule has 0 atom stereocenters. The molecule has 0 saturated carbocycles. The number of hydrogen-bond donors (Lipinski definition) is 1. The predicted octanol–water partition coefficient (Wildman–Crippen LogP) is 2.06. The number of rotatable bonds is 6. The maximum Gasteiger partial charge on any atom is 0.246 e. The molecule has 1 N–H and O–H groups in total. The molecule has 0 aliphatic heterocycles. The Bertz CT molecular complexity index is 741. The van der Waals surface area contributed by atoms with Gasteiger partial charge in [-0.3, -0.25) is 4.98 Å². The summed E-state index contributed by atoms with van der Waals surface area (Å²) in [5.41, 5.74) is 0.627. The summed E-state index contributed by atoms with van der Waals surface area (Å²) in [4.78, 5) is 3.39. The average Bonchev–Trinajstić information content (AvgIpc) is 2.50. The van der Waals surface area contributed by atoms with Crippen LogP contribution in [0.25, 0.3) is 0 Å². The van der Waals surface area contributed by atoms with Crippen molar-refractivity contribution < 1.29 is 17.9 Å². The van der Waals surface area contributed by atoms with Crippen LogP contribution in [0.4, 0.5) is 4.39 Å². The van der Waals surface area contributed by atoms with E-state index in [9.17, 15) is 12.8 Å². The Morgan fingerprint density at radius 1 is 1.27 bits per heavy atom. The highest BCUT2D eigenvalue weighted by Gasteiger charge is 2.28. The molecule has 5 nitrogen and oxygen atoms in total. The van der Waals surface area contributed by atoms with Gasteiger partial charge < -0.3 is 5.11 Å². The molecule has 0 saturated heterocycles. The van der Waals surface area contributed by atoms with E-state index >= 15 is 0 Å². The number of halogens is 2. The van der Waals surface area contributed by atoms with Gasteiger partial charge in [-0.05, 0) is 23.8 Å². The monoisotopic (exact) mass is 344 g/mol. The van der Waals surface area contributed by atoms with E-state index < -0.39 is 20.7 Å². The van der Waals surface area contributed by atoms with Crippen LogP contribution in [0.2, 0.25) is 5.02 Å². The van der Waals surface area contributed by atoms with Crippen molar-refractivity contribution >= 4 is 21.6 Å². The minimum atomic E-state index is -4.13. The lowest BCUT2D eigenvalue weighted by molar-refractivity contribution is 0.250. The first-order chi connectivity index (χ1) is 10.5. The summed E-state index contributed by atoms with van der Waals surface area (Å²) >= 11 is 5.64. The van der Waals surface area contributed by atoms with Gasteiger partial charge in [0.1, 0.15) is 4.90 Å². The van der Waals surface area contributed by atoms with Crippen molar-refractivity contribution in [3.63, 3.8) is 0 Å². The second-order valence-electron chi connectivity index (χ2n) is 4.48. The summed E-state index contributed by atoms with van der Waals surface area (Å²) < 4.78 is 40.2. The van der Waals surface area contributed by atoms with E-state index in [-0.39, 0.29) is 24.7 Å². The molecular formula is C14H14ClFN2O3S. The SMILES string of the molecule is O=S(=O)(c1cccc(Cl)c1F)N(CCO)Cc1cccnc1. The summed E-state index contributed by atoms with van der Waals surface area (Å²) in [7, 11) is -4.13. The summed E-state index contributed by atoms with van der Waals surface area (Å²) in [5, 5.41) is 8.84. The van der Waals surface area contributed by atoms with Crippen molar-refractivity contribution in [2.24, 2.45) is 0 Å².